The Balaban J connectivity index is 2.88. The summed E-state index contributed by atoms with van der Waals surface area (Å²) >= 11 is 0. The van der Waals surface area contributed by atoms with Crippen LogP contribution in [0, 0.1) is 22.5 Å². The van der Waals surface area contributed by atoms with Gasteiger partial charge in [0.1, 0.15) is 6.20 Å². The maximum atomic E-state index is 10.6. The predicted molar refractivity (Wildman–Crippen MR) is 64.8 cm³/mol. The van der Waals surface area contributed by atoms with Crippen molar-refractivity contribution in [1.29, 1.82) is 0 Å². The summed E-state index contributed by atoms with van der Waals surface area (Å²) in [5.74, 6) is 0. The van der Waals surface area contributed by atoms with Crippen LogP contribution in [-0.2, 0) is 6.42 Å². The third-order valence-electron chi connectivity index (χ3n) is 2.74. The average molecular weight is 238 g/mol. The minimum Gasteiger partial charge on any atom is -0.392 e. The molecule has 0 saturated heterocycles. The molecular weight excluding hydrogens is 220 g/mol. The number of aliphatic hydroxyl groups is 1. The van der Waals surface area contributed by atoms with Gasteiger partial charge in [0.25, 0.3) is 5.69 Å². The molecule has 1 rings (SSSR count). The first kappa shape index (κ1) is 13.6. The van der Waals surface area contributed by atoms with E-state index in [1.54, 1.807) is 13.0 Å². The summed E-state index contributed by atoms with van der Waals surface area (Å²) < 4.78 is 0. The van der Waals surface area contributed by atoms with E-state index in [1.807, 2.05) is 20.8 Å². The molecule has 0 amide bonds. The van der Waals surface area contributed by atoms with Crippen molar-refractivity contribution in [3.63, 3.8) is 0 Å². The topological polar surface area (TPSA) is 76.3 Å². The molecule has 1 heterocycles. The first-order valence-corrected chi connectivity index (χ1v) is 5.50. The molecule has 0 fully saturated rings. The van der Waals surface area contributed by atoms with E-state index in [1.165, 1.54) is 6.20 Å². The fourth-order valence-electron chi connectivity index (χ4n) is 1.41. The molecule has 0 aliphatic carbocycles. The molecular formula is C12H18N2O3. The number of aryl methyl sites for hydroxylation is 1. The van der Waals surface area contributed by atoms with Crippen LogP contribution in [-0.4, -0.2) is 21.1 Å². The van der Waals surface area contributed by atoms with Gasteiger partial charge in [0.05, 0.1) is 11.0 Å². The van der Waals surface area contributed by atoms with Gasteiger partial charge in [0, 0.05) is 17.7 Å². The van der Waals surface area contributed by atoms with Gasteiger partial charge in [-0.2, -0.15) is 0 Å². The Kier molecular flexibility index (Phi) is 3.83. The Labute approximate surface area is 101 Å². The predicted octanol–water partition coefficient (Wildman–Crippen LogP) is 2.25. The van der Waals surface area contributed by atoms with Crippen molar-refractivity contribution in [2.45, 2.75) is 40.2 Å². The summed E-state index contributed by atoms with van der Waals surface area (Å²) in [5.41, 5.74) is 1.04. The lowest BCUT2D eigenvalue weighted by molar-refractivity contribution is -0.385. The fourth-order valence-corrected chi connectivity index (χ4v) is 1.41. The molecule has 5 heteroatoms. The number of nitro groups is 1. The van der Waals surface area contributed by atoms with Crippen LogP contribution in [0.3, 0.4) is 0 Å². The molecule has 0 aliphatic heterocycles. The number of hydrogen-bond acceptors (Lipinski definition) is 4. The normalized spacial score (nSPS) is 13.5. The summed E-state index contributed by atoms with van der Waals surface area (Å²) in [6, 6.07) is 1.66. The van der Waals surface area contributed by atoms with Crippen LogP contribution in [0.2, 0.25) is 0 Å². The molecule has 1 aromatic heterocycles. The zero-order valence-corrected chi connectivity index (χ0v) is 10.6. The van der Waals surface area contributed by atoms with Crippen molar-refractivity contribution in [2.75, 3.05) is 0 Å². The van der Waals surface area contributed by atoms with Gasteiger partial charge in [-0.15, -0.1) is 0 Å². The zero-order chi connectivity index (χ0) is 13.2. The molecule has 0 aliphatic rings. The number of hydrogen-bond donors (Lipinski definition) is 1. The lowest BCUT2D eigenvalue weighted by Crippen LogP contribution is -2.28. The largest absolute Gasteiger partial charge is 0.392 e. The van der Waals surface area contributed by atoms with E-state index >= 15 is 0 Å². The van der Waals surface area contributed by atoms with Gasteiger partial charge in [-0.3, -0.25) is 15.1 Å². The average Bonchev–Trinajstić information content (AvgIpc) is 2.15. The number of nitrogens with zero attached hydrogens (tertiary/aromatic N) is 2. The standard InChI is InChI=1S/C12H18N2O3/c1-8-5-9(6-11(15)12(2,3)4)13-7-10(8)14(16)17/h5,7,11,15H,6H2,1-4H3. The van der Waals surface area contributed by atoms with Crippen LogP contribution in [0.5, 0.6) is 0 Å². The fraction of sp³-hybridized carbons (Fsp3) is 0.583. The molecule has 1 unspecified atom stereocenters. The summed E-state index contributed by atoms with van der Waals surface area (Å²) in [4.78, 5) is 14.2. The molecule has 0 saturated carbocycles. The molecule has 0 radical (unpaired) electrons. The van der Waals surface area contributed by atoms with Gasteiger partial charge in [0.15, 0.2) is 0 Å². The molecule has 0 aromatic carbocycles. The van der Waals surface area contributed by atoms with Gasteiger partial charge in [0.2, 0.25) is 0 Å². The van der Waals surface area contributed by atoms with Gasteiger partial charge in [-0.05, 0) is 18.4 Å². The molecule has 5 nitrogen and oxygen atoms in total. The highest BCUT2D eigenvalue weighted by Crippen LogP contribution is 2.23. The van der Waals surface area contributed by atoms with Crippen molar-refractivity contribution >= 4 is 5.69 Å². The molecule has 94 valence electrons. The Hall–Kier alpha value is -1.49. The van der Waals surface area contributed by atoms with Crippen LogP contribution in [0.15, 0.2) is 12.3 Å². The summed E-state index contributed by atoms with van der Waals surface area (Å²) in [6.45, 7) is 7.49. The lowest BCUT2D eigenvalue weighted by atomic mass is 9.86. The second-order valence-corrected chi connectivity index (χ2v) is 5.31. The van der Waals surface area contributed by atoms with Crippen LogP contribution in [0.1, 0.15) is 32.0 Å². The van der Waals surface area contributed by atoms with Gasteiger partial charge in [-0.25, -0.2) is 0 Å². The minimum atomic E-state index is -0.518. The Morgan fingerprint density at radius 1 is 1.53 bits per heavy atom. The first-order valence-electron chi connectivity index (χ1n) is 5.50. The van der Waals surface area contributed by atoms with E-state index in [4.69, 9.17) is 0 Å². The number of aromatic nitrogens is 1. The van der Waals surface area contributed by atoms with E-state index in [-0.39, 0.29) is 11.1 Å². The molecule has 17 heavy (non-hydrogen) atoms. The quantitative estimate of drug-likeness (QED) is 0.647. The number of aliphatic hydroxyl groups excluding tert-OH is 1. The van der Waals surface area contributed by atoms with Crippen molar-refractivity contribution in [2.24, 2.45) is 5.41 Å². The molecule has 1 N–H and O–H groups in total. The number of pyridine rings is 1. The van der Waals surface area contributed by atoms with Crippen molar-refractivity contribution in [1.82, 2.24) is 4.98 Å². The maximum Gasteiger partial charge on any atom is 0.290 e. The molecule has 0 spiro atoms. The molecule has 1 aromatic rings. The smallest absolute Gasteiger partial charge is 0.290 e. The molecule has 1 atom stereocenters. The van der Waals surface area contributed by atoms with E-state index in [0.29, 0.717) is 17.7 Å². The second-order valence-electron chi connectivity index (χ2n) is 5.31. The summed E-state index contributed by atoms with van der Waals surface area (Å²) in [5, 5.41) is 20.6. The SMILES string of the molecule is Cc1cc(CC(O)C(C)(C)C)ncc1[N+](=O)[O-]. The van der Waals surface area contributed by atoms with E-state index in [9.17, 15) is 15.2 Å². The van der Waals surface area contributed by atoms with Crippen LogP contribution in [0.4, 0.5) is 5.69 Å². The summed E-state index contributed by atoms with van der Waals surface area (Å²) in [6.07, 6.45) is 1.14. The first-order chi connectivity index (χ1) is 7.71. The van der Waals surface area contributed by atoms with E-state index < -0.39 is 11.0 Å². The van der Waals surface area contributed by atoms with Crippen molar-refractivity contribution in [3.8, 4) is 0 Å². The van der Waals surface area contributed by atoms with Gasteiger partial charge >= 0.3 is 0 Å². The van der Waals surface area contributed by atoms with E-state index in [2.05, 4.69) is 4.98 Å². The van der Waals surface area contributed by atoms with Crippen LogP contribution in [0.25, 0.3) is 0 Å². The highest BCUT2D eigenvalue weighted by molar-refractivity contribution is 5.37. The number of rotatable bonds is 3. The van der Waals surface area contributed by atoms with Crippen LogP contribution < -0.4 is 0 Å². The van der Waals surface area contributed by atoms with Crippen molar-refractivity contribution < 1.29 is 10.0 Å². The Morgan fingerprint density at radius 3 is 2.53 bits per heavy atom. The van der Waals surface area contributed by atoms with Crippen LogP contribution >= 0.6 is 0 Å². The minimum absolute atomic E-state index is 0.0130. The monoisotopic (exact) mass is 238 g/mol. The highest BCUT2D eigenvalue weighted by atomic mass is 16.6. The van der Waals surface area contributed by atoms with Gasteiger partial charge in [-0.1, -0.05) is 20.8 Å². The third kappa shape index (κ3) is 3.49. The Morgan fingerprint density at radius 2 is 2.12 bits per heavy atom. The summed E-state index contributed by atoms with van der Waals surface area (Å²) in [7, 11) is 0. The zero-order valence-electron chi connectivity index (χ0n) is 10.6. The van der Waals surface area contributed by atoms with Gasteiger partial charge < -0.3 is 5.11 Å². The lowest BCUT2D eigenvalue weighted by Gasteiger charge is -2.25. The second kappa shape index (κ2) is 4.79. The third-order valence-corrected chi connectivity index (χ3v) is 2.74. The molecule has 0 bridgehead atoms. The maximum absolute atomic E-state index is 10.6. The Bertz CT molecular complexity index is 424. The van der Waals surface area contributed by atoms with E-state index in [0.717, 1.165) is 0 Å². The highest BCUT2D eigenvalue weighted by Gasteiger charge is 2.23. The van der Waals surface area contributed by atoms with Crippen molar-refractivity contribution in [3.05, 3.63) is 33.6 Å².